The number of carboxylic acids is 1. The molecule has 38 heavy (non-hydrogen) atoms. The number of alkyl halides is 3. The second-order valence-electron chi connectivity index (χ2n) is 10.0. The maximum atomic E-state index is 13.7. The van der Waals surface area contributed by atoms with Crippen LogP contribution in [0.5, 0.6) is 0 Å². The number of nitrogens with zero attached hydrogens (tertiary/aromatic N) is 1. The molecule has 2 N–H and O–H groups in total. The fraction of sp³-hybridized carbons (Fsp3) is 0.367. The van der Waals surface area contributed by atoms with Gasteiger partial charge in [0.05, 0.1) is 11.5 Å². The zero-order valence-electron chi connectivity index (χ0n) is 21.4. The smallest absolute Gasteiger partial charge is 0.417 e. The Balaban J connectivity index is 1.63. The third kappa shape index (κ3) is 6.23. The number of halogens is 3. The van der Waals surface area contributed by atoms with Crippen LogP contribution in [0.25, 0.3) is 11.1 Å². The van der Waals surface area contributed by atoms with Gasteiger partial charge < -0.3 is 10.4 Å². The molecular weight excluding hydrogens is 493 g/mol. The Morgan fingerprint density at radius 1 is 1.08 bits per heavy atom. The Morgan fingerprint density at radius 2 is 1.82 bits per heavy atom. The first kappa shape index (κ1) is 27.4. The number of hydrogen-bond acceptors (Lipinski definition) is 3. The molecule has 3 aromatic rings. The molecule has 2 aromatic carbocycles. The monoisotopic (exact) mass is 524 g/mol. The number of pyridine rings is 1. The number of amides is 1. The molecule has 1 amide bonds. The van der Waals surface area contributed by atoms with Gasteiger partial charge in [-0.3, -0.25) is 14.6 Å². The molecule has 0 spiro atoms. The Morgan fingerprint density at radius 3 is 2.47 bits per heavy atom. The zero-order chi connectivity index (χ0) is 27.4. The average Bonchev–Trinajstić information content (AvgIpc) is 3.38. The van der Waals surface area contributed by atoms with E-state index in [0.717, 1.165) is 60.2 Å². The summed E-state index contributed by atoms with van der Waals surface area (Å²) in [6, 6.07) is 12.1. The van der Waals surface area contributed by atoms with E-state index in [-0.39, 0.29) is 18.2 Å². The van der Waals surface area contributed by atoms with E-state index in [2.05, 4.69) is 10.3 Å². The van der Waals surface area contributed by atoms with Crippen molar-refractivity contribution in [2.24, 2.45) is 5.92 Å². The summed E-state index contributed by atoms with van der Waals surface area (Å²) in [6.45, 7) is 3.71. The molecule has 4 rings (SSSR count). The van der Waals surface area contributed by atoms with Crippen molar-refractivity contribution in [3.8, 4) is 11.1 Å². The van der Waals surface area contributed by atoms with Crippen molar-refractivity contribution in [2.45, 2.75) is 64.5 Å². The third-order valence-electron chi connectivity index (χ3n) is 7.45. The van der Waals surface area contributed by atoms with Crippen molar-refractivity contribution in [2.75, 3.05) is 5.32 Å². The van der Waals surface area contributed by atoms with Gasteiger partial charge in [-0.05, 0) is 79.0 Å². The van der Waals surface area contributed by atoms with Crippen LogP contribution >= 0.6 is 0 Å². The highest BCUT2D eigenvalue weighted by Gasteiger charge is 2.33. The normalized spacial score (nSPS) is 14.9. The topological polar surface area (TPSA) is 79.3 Å². The SMILES string of the molecule is Cc1cc([C@H](C(=O)Nc2cccc(CCC(=O)O)c2C)C2CCCC2)ccc1-c1cncc(C(F)(F)F)c1. The van der Waals surface area contributed by atoms with Crippen molar-refractivity contribution in [1.29, 1.82) is 0 Å². The first-order chi connectivity index (χ1) is 18.0. The van der Waals surface area contributed by atoms with Gasteiger partial charge >= 0.3 is 12.1 Å². The Kier molecular flexibility index (Phi) is 8.19. The molecule has 1 heterocycles. The molecule has 0 saturated heterocycles. The summed E-state index contributed by atoms with van der Waals surface area (Å²) in [5.41, 5.74) is 4.18. The number of carboxylic acid groups (broad SMARTS) is 1. The molecule has 0 unspecified atom stereocenters. The molecule has 0 bridgehead atoms. The highest BCUT2D eigenvalue weighted by Crippen LogP contribution is 2.40. The van der Waals surface area contributed by atoms with E-state index in [9.17, 15) is 22.8 Å². The first-order valence-corrected chi connectivity index (χ1v) is 12.8. The number of aryl methyl sites for hydroxylation is 2. The van der Waals surface area contributed by atoms with Crippen LogP contribution in [0.15, 0.2) is 54.9 Å². The third-order valence-corrected chi connectivity index (χ3v) is 7.45. The Bertz CT molecular complexity index is 1330. The summed E-state index contributed by atoms with van der Waals surface area (Å²) in [5.74, 6) is -1.26. The van der Waals surface area contributed by atoms with Crippen LogP contribution in [-0.4, -0.2) is 22.0 Å². The standard InChI is InChI=1S/C30H31F3N2O3/c1-18-14-22(10-12-25(18)23-15-24(17-34-16-23)30(31,32)33)28(21-6-3-4-7-21)29(38)35-26-9-5-8-20(19(26)2)11-13-27(36)37/h5,8-10,12,14-17,21,28H,3-4,6-7,11,13H2,1-2H3,(H,35,38)(H,36,37)/t28-/m1/s1. The molecule has 1 aromatic heterocycles. The zero-order valence-corrected chi connectivity index (χ0v) is 21.4. The van der Waals surface area contributed by atoms with Crippen LogP contribution in [0.1, 0.15) is 65.8 Å². The van der Waals surface area contributed by atoms with E-state index in [0.29, 0.717) is 23.2 Å². The van der Waals surface area contributed by atoms with E-state index in [1.165, 1.54) is 6.20 Å². The van der Waals surface area contributed by atoms with Gasteiger partial charge in [-0.1, -0.05) is 43.2 Å². The second-order valence-corrected chi connectivity index (χ2v) is 10.0. The van der Waals surface area contributed by atoms with Gasteiger partial charge in [-0.15, -0.1) is 0 Å². The summed E-state index contributed by atoms with van der Waals surface area (Å²) in [7, 11) is 0. The number of carbonyl (C=O) groups is 2. The predicted octanol–water partition coefficient (Wildman–Crippen LogP) is 7.31. The highest BCUT2D eigenvalue weighted by atomic mass is 19.4. The molecule has 200 valence electrons. The summed E-state index contributed by atoms with van der Waals surface area (Å²) >= 11 is 0. The summed E-state index contributed by atoms with van der Waals surface area (Å²) in [6.07, 6.45) is 2.08. The molecule has 0 radical (unpaired) electrons. The number of nitrogens with one attached hydrogen (secondary N) is 1. The van der Waals surface area contributed by atoms with Gasteiger partial charge in [0.15, 0.2) is 0 Å². The number of benzene rings is 2. The van der Waals surface area contributed by atoms with E-state index >= 15 is 0 Å². The summed E-state index contributed by atoms with van der Waals surface area (Å²) in [4.78, 5) is 28.5. The van der Waals surface area contributed by atoms with Gasteiger partial charge in [-0.2, -0.15) is 13.2 Å². The largest absolute Gasteiger partial charge is 0.481 e. The molecule has 0 aliphatic heterocycles. The lowest BCUT2D eigenvalue weighted by atomic mass is 9.82. The van der Waals surface area contributed by atoms with Crippen molar-refractivity contribution in [1.82, 2.24) is 4.98 Å². The van der Waals surface area contributed by atoms with Crippen LogP contribution in [0.4, 0.5) is 18.9 Å². The lowest BCUT2D eigenvalue weighted by Gasteiger charge is -2.25. The Hall–Kier alpha value is -3.68. The predicted molar refractivity (Wildman–Crippen MR) is 140 cm³/mol. The van der Waals surface area contributed by atoms with E-state index < -0.39 is 23.6 Å². The lowest BCUT2D eigenvalue weighted by molar-refractivity contribution is -0.138. The fourth-order valence-corrected chi connectivity index (χ4v) is 5.42. The maximum Gasteiger partial charge on any atom is 0.417 e. The Labute approximate surface area is 220 Å². The quantitative estimate of drug-likeness (QED) is 0.324. The van der Waals surface area contributed by atoms with Crippen LogP contribution in [0, 0.1) is 19.8 Å². The summed E-state index contributed by atoms with van der Waals surface area (Å²) in [5, 5.41) is 12.1. The van der Waals surface area contributed by atoms with Crippen LogP contribution in [-0.2, 0) is 22.2 Å². The molecule has 1 fully saturated rings. The van der Waals surface area contributed by atoms with Crippen LogP contribution in [0.3, 0.4) is 0 Å². The second kappa shape index (κ2) is 11.4. The molecule has 1 aliphatic carbocycles. The minimum Gasteiger partial charge on any atom is -0.481 e. The van der Waals surface area contributed by atoms with Gasteiger partial charge in [-0.25, -0.2) is 0 Å². The maximum absolute atomic E-state index is 13.7. The van der Waals surface area contributed by atoms with Gasteiger partial charge in [0.1, 0.15) is 0 Å². The number of carbonyl (C=O) groups excluding carboxylic acids is 1. The fourth-order valence-electron chi connectivity index (χ4n) is 5.42. The molecule has 1 saturated carbocycles. The lowest BCUT2D eigenvalue weighted by Crippen LogP contribution is -2.27. The minimum absolute atomic E-state index is 0.00988. The van der Waals surface area contributed by atoms with Gasteiger partial charge in [0.25, 0.3) is 0 Å². The van der Waals surface area contributed by atoms with Crippen molar-refractivity contribution >= 4 is 17.6 Å². The summed E-state index contributed by atoms with van der Waals surface area (Å²) < 4.78 is 39.6. The molecule has 8 heteroatoms. The first-order valence-electron chi connectivity index (χ1n) is 12.8. The van der Waals surface area contributed by atoms with E-state index in [1.54, 1.807) is 6.07 Å². The highest BCUT2D eigenvalue weighted by molar-refractivity contribution is 5.97. The molecule has 5 nitrogen and oxygen atoms in total. The van der Waals surface area contributed by atoms with Crippen molar-refractivity contribution in [3.05, 3.63) is 82.7 Å². The number of anilines is 1. The minimum atomic E-state index is -4.48. The van der Waals surface area contributed by atoms with Crippen LogP contribution < -0.4 is 5.32 Å². The molecular formula is C30H31F3N2O3. The molecule has 1 aliphatic rings. The average molecular weight is 525 g/mol. The van der Waals surface area contributed by atoms with Gasteiger partial charge in [0, 0.05) is 30.1 Å². The number of aliphatic carboxylic acids is 1. The number of rotatable bonds is 8. The van der Waals surface area contributed by atoms with Crippen molar-refractivity contribution in [3.63, 3.8) is 0 Å². The van der Waals surface area contributed by atoms with E-state index in [4.69, 9.17) is 5.11 Å². The number of aromatic nitrogens is 1. The number of hydrogen-bond donors (Lipinski definition) is 2. The van der Waals surface area contributed by atoms with Crippen molar-refractivity contribution < 1.29 is 27.9 Å². The van der Waals surface area contributed by atoms with E-state index in [1.807, 2.05) is 44.2 Å². The van der Waals surface area contributed by atoms with Crippen LogP contribution in [0.2, 0.25) is 0 Å². The molecule has 1 atom stereocenters. The van der Waals surface area contributed by atoms with Gasteiger partial charge in [0.2, 0.25) is 5.91 Å².